The molecular formula is C34H39N3O5. The van der Waals surface area contributed by atoms with Crippen molar-refractivity contribution >= 4 is 28.9 Å². The molecule has 3 aromatic rings. The Hall–Kier alpha value is -4.46. The highest BCUT2D eigenvalue weighted by molar-refractivity contribution is 6.05. The minimum atomic E-state index is -1.15. The SMILES string of the molecule is COc1ccc(C2CC(=O)C3=C(C2)Nc2ccccc2N(C(=O)O)C3c2ccc(N(C(C)C)C(C)C)cc2OC)cc1. The number of carboxylic acid groups (broad SMARTS) is 1. The van der Waals surface area contributed by atoms with Crippen molar-refractivity contribution in [2.75, 3.05) is 29.3 Å². The third kappa shape index (κ3) is 5.29. The molecule has 8 heteroatoms. The van der Waals surface area contributed by atoms with Crippen LogP contribution < -0.4 is 24.6 Å². The van der Waals surface area contributed by atoms with Crippen LogP contribution in [0.4, 0.5) is 21.9 Å². The fraction of sp³-hybridized carbons (Fsp3) is 0.353. The molecule has 2 N–H and O–H groups in total. The highest BCUT2D eigenvalue weighted by Gasteiger charge is 2.43. The molecule has 0 bridgehead atoms. The van der Waals surface area contributed by atoms with E-state index >= 15 is 0 Å². The number of para-hydroxylation sites is 2. The van der Waals surface area contributed by atoms with Gasteiger partial charge in [-0.3, -0.25) is 9.69 Å². The number of anilines is 3. The van der Waals surface area contributed by atoms with Crippen molar-refractivity contribution in [2.45, 2.75) is 64.6 Å². The van der Waals surface area contributed by atoms with Crippen molar-refractivity contribution in [3.05, 3.63) is 89.1 Å². The van der Waals surface area contributed by atoms with Crippen LogP contribution in [0.3, 0.4) is 0 Å². The average molecular weight is 570 g/mol. The van der Waals surface area contributed by atoms with Crippen molar-refractivity contribution in [1.29, 1.82) is 0 Å². The molecule has 0 fully saturated rings. The largest absolute Gasteiger partial charge is 0.497 e. The molecule has 1 heterocycles. The number of Topliss-reactive ketones (excluding diaryl/α,β-unsaturated/α-hetero) is 1. The van der Waals surface area contributed by atoms with Gasteiger partial charge in [0.1, 0.15) is 11.5 Å². The van der Waals surface area contributed by atoms with E-state index in [2.05, 4.69) is 37.9 Å². The first kappa shape index (κ1) is 29.0. The summed E-state index contributed by atoms with van der Waals surface area (Å²) in [4.78, 5) is 30.8. The highest BCUT2D eigenvalue weighted by atomic mass is 16.5. The molecule has 0 aromatic heterocycles. The average Bonchev–Trinajstić information content (AvgIpc) is 3.11. The number of carbonyl (C=O) groups is 2. The van der Waals surface area contributed by atoms with Gasteiger partial charge in [-0.2, -0.15) is 0 Å². The molecular weight excluding hydrogens is 530 g/mol. The third-order valence-corrected chi connectivity index (χ3v) is 8.20. The fourth-order valence-electron chi connectivity index (χ4n) is 6.49. The quantitative estimate of drug-likeness (QED) is 0.307. The molecule has 3 aromatic carbocycles. The van der Waals surface area contributed by atoms with Gasteiger partial charge in [-0.05, 0) is 75.9 Å². The van der Waals surface area contributed by atoms with Gasteiger partial charge >= 0.3 is 6.09 Å². The second-order valence-electron chi connectivity index (χ2n) is 11.4. The number of fused-ring (bicyclic) bond motifs is 1. The number of benzene rings is 3. The maximum Gasteiger partial charge on any atom is 0.412 e. The smallest absolute Gasteiger partial charge is 0.412 e. The molecule has 1 amide bonds. The van der Waals surface area contributed by atoms with Crippen molar-refractivity contribution in [3.8, 4) is 11.5 Å². The van der Waals surface area contributed by atoms with E-state index in [9.17, 15) is 14.7 Å². The molecule has 0 radical (unpaired) electrons. The van der Waals surface area contributed by atoms with Crippen LogP contribution in [0.15, 0.2) is 78.0 Å². The van der Waals surface area contributed by atoms with Gasteiger partial charge in [-0.25, -0.2) is 4.79 Å². The summed E-state index contributed by atoms with van der Waals surface area (Å²) >= 11 is 0. The van der Waals surface area contributed by atoms with Crippen molar-refractivity contribution < 1.29 is 24.2 Å². The summed E-state index contributed by atoms with van der Waals surface area (Å²) in [6.45, 7) is 8.55. The van der Waals surface area contributed by atoms with Gasteiger partial charge in [0.15, 0.2) is 5.78 Å². The van der Waals surface area contributed by atoms with Gasteiger partial charge in [0.25, 0.3) is 0 Å². The monoisotopic (exact) mass is 569 g/mol. The van der Waals surface area contributed by atoms with E-state index in [-0.39, 0.29) is 30.2 Å². The first-order chi connectivity index (χ1) is 20.1. The summed E-state index contributed by atoms with van der Waals surface area (Å²) in [5.74, 6) is 1.13. The van der Waals surface area contributed by atoms with Crippen molar-refractivity contribution in [2.24, 2.45) is 0 Å². The summed E-state index contributed by atoms with van der Waals surface area (Å²) in [5.41, 5.74) is 4.93. The Morgan fingerprint density at radius 3 is 2.26 bits per heavy atom. The molecule has 2 unspecified atom stereocenters. The number of methoxy groups -OCH3 is 2. The number of rotatable bonds is 7. The first-order valence-corrected chi connectivity index (χ1v) is 14.4. The molecule has 2 aliphatic rings. The van der Waals surface area contributed by atoms with Gasteiger partial charge in [0, 0.05) is 47.1 Å². The number of hydrogen-bond donors (Lipinski definition) is 2. The lowest BCUT2D eigenvalue weighted by Crippen LogP contribution is -2.38. The second kappa shape index (κ2) is 11.8. The minimum absolute atomic E-state index is 0.0613. The normalized spacial score (nSPS) is 18.3. The number of carbonyl (C=O) groups excluding carboxylic acids is 1. The minimum Gasteiger partial charge on any atom is -0.497 e. The Morgan fingerprint density at radius 1 is 0.952 bits per heavy atom. The van der Waals surface area contributed by atoms with Crippen molar-refractivity contribution in [1.82, 2.24) is 0 Å². The van der Waals surface area contributed by atoms with Gasteiger partial charge in [0.2, 0.25) is 0 Å². The molecule has 2 atom stereocenters. The zero-order chi connectivity index (χ0) is 30.1. The highest BCUT2D eigenvalue weighted by Crippen LogP contribution is 2.49. The predicted octanol–water partition coefficient (Wildman–Crippen LogP) is 7.38. The van der Waals surface area contributed by atoms with E-state index in [1.54, 1.807) is 20.3 Å². The Kier molecular flexibility index (Phi) is 8.16. The molecule has 5 rings (SSSR count). The van der Waals surface area contributed by atoms with Gasteiger partial charge < -0.3 is 24.8 Å². The molecule has 0 spiro atoms. The summed E-state index contributed by atoms with van der Waals surface area (Å²) in [6, 6.07) is 20.5. The molecule has 0 saturated carbocycles. The standard InChI is InChI=1S/C34H39N3O5/c1-20(2)36(21(3)4)24-13-16-26(31(19-24)42-6)33-32-28(35-27-9-7-8-10-29(27)37(33)34(39)40)17-23(18-30(32)38)22-11-14-25(41-5)15-12-22/h7-16,19-21,23,33,35H,17-18H2,1-6H3,(H,39,40). The van der Waals surface area contributed by atoms with Crippen LogP contribution in [0.1, 0.15) is 63.6 Å². The van der Waals surface area contributed by atoms with E-state index < -0.39 is 12.1 Å². The summed E-state index contributed by atoms with van der Waals surface area (Å²) < 4.78 is 11.2. The number of ketones is 1. The lowest BCUT2D eigenvalue weighted by molar-refractivity contribution is -0.116. The Labute approximate surface area is 247 Å². The summed E-state index contributed by atoms with van der Waals surface area (Å²) in [5, 5.41) is 14.1. The van der Waals surface area contributed by atoms with Crippen LogP contribution in [0.25, 0.3) is 0 Å². The maximum atomic E-state index is 14.2. The zero-order valence-corrected chi connectivity index (χ0v) is 25.0. The van der Waals surface area contributed by atoms with E-state index in [1.165, 1.54) is 4.90 Å². The number of ether oxygens (including phenoxy) is 2. The number of nitrogens with zero attached hydrogens (tertiary/aromatic N) is 2. The third-order valence-electron chi connectivity index (χ3n) is 8.20. The van der Waals surface area contributed by atoms with Crippen LogP contribution in [-0.2, 0) is 4.79 Å². The Morgan fingerprint density at radius 2 is 1.64 bits per heavy atom. The molecule has 1 aliphatic heterocycles. The maximum absolute atomic E-state index is 14.2. The van der Waals surface area contributed by atoms with Crippen LogP contribution in [0, 0.1) is 0 Å². The molecule has 220 valence electrons. The van der Waals surface area contributed by atoms with Gasteiger partial charge in [-0.15, -0.1) is 0 Å². The number of allylic oxidation sites excluding steroid dienone is 1. The number of nitrogens with one attached hydrogen (secondary N) is 1. The van der Waals surface area contributed by atoms with Gasteiger partial charge in [-0.1, -0.05) is 30.3 Å². The predicted molar refractivity (Wildman–Crippen MR) is 166 cm³/mol. The van der Waals surface area contributed by atoms with Crippen molar-refractivity contribution in [3.63, 3.8) is 0 Å². The summed E-state index contributed by atoms with van der Waals surface area (Å²) in [6.07, 6.45) is -0.326. The molecule has 1 aliphatic carbocycles. The van der Waals surface area contributed by atoms with Crippen LogP contribution in [-0.4, -0.2) is 43.3 Å². The number of hydrogen-bond acceptors (Lipinski definition) is 6. The number of amides is 1. The lowest BCUT2D eigenvalue weighted by Gasteiger charge is -2.36. The lowest BCUT2D eigenvalue weighted by atomic mass is 9.78. The Bertz CT molecular complexity index is 1500. The molecule has 42 heavy (non-hydrogen) atoms. The summed E-state index contributed by atoms with van der Waals surface area (Å²) in [7, 11) is 3.21. The van der Waals surface area contributed by atoms with Crippen LogP contribution in [0.5, 0.6) is 11.5 Å². The Balaban J connectivity index is 1.69. The van der Waals surface area contributed by atoms with Crippen LogP contribution >= 0.6 is 0 Å². The van der Waals surface area contributed by atoms with E-state index in [1.807, 2.05) is 60.7 Å². The fourth-order valence-corrected chi connectivity index (χ4v) is 6.49. The molecule has 0 saturated heterocycles. The topological polar surface area (TPSA) is 91.3 Å². The molecule has 8 nitrogen and oxygen atoms in total. The van der Waals surface area contributed by atoms with E-state index in [0.29, 0.717) is 34.7 Å². The second-order valence-corrected chi connectivity index (χ2v) is 11.4. The zero-order valence-electron chi connectivity index (χ0n) is 25.0. The first-order valence-electron chi connectivity index (χ1n) is 14.4. The van der Waals surface area contributed by atoms with Crippen LogP contribution in [0.2, 0.25) is 0 Å². The van der Waals surface area contributed by atoms with E-state index in [0.717, 1.165) is 22.7 Å². The van der Waals surface area contributed by atoms with Gasteiger partial charge in [0.05, 0.1) is 31.6 Å². The van der Waals surface area contributed by atoms with E-state index in [4.69, 9.17) is 9.47 Å².